The first-order valence-corrected chi connectivity index (χ1v) is 6.83. The highest BCUT2D eigenvalue weighted by Gasteiger charge is 2.19. The molecule has 1 aromatic heterocycles. The van der Waals surface area contributed by atoms with E-state index in [2.05, 4.69) is 30.3 Å². The average molecular weight is 285 g/mol. The average Bonchev–Trinajstić information content (AvgIpc) is 2.73. The molecule has 0 spiro atoms. The van der Waals surface area contributed by atoms with Gasteiger partial charge in [-0.1, -0.05) is 13.8 Å². The number of fused-ring (bicyclic) bond motifs is 1. The molecule has 0 amide bonds. The number of ether oxygens (including phenoxy) is 1. The highest BCUT2D eigenvalue weighted by atomic mass is 35.5. The molecule has 5 heteroatoms. The molecule has 0 saturated carbocycles. The Morgan fingerprint density at radius 1 is 1.37 bits per heavy atom. The summed E-state index contributed by atoms with van der Waals surface area (Å²) in [6.07, 6.45) is 0. The molecule has 0 fully saturated rings. The molecule has 0 aliphatic rings. The third kappa shape index (κ3) is 2.41. The Balaban J connectivity index is 2.72. The van der Waals surface area contributed by atoms with Crippen molar-refractivity contribution in [1.29, 1.82) is 0 Å². The van der Waals surface area contributed by atoms with Crippen LogP contribution >= 0.6 is 11.6 Å². The van der Waals surface area contributed by atoms with Crippen molar-refractivity contribution >= 4 is 22.6 Å². The summed E-state index contributed by atoms with van der Waals surface area (Å²) < 4.78 is 20.8. The maximum absolute atomic E-state index is 13.7. The van der Waals surface area contributed by atoms with Gasteiger partial charge in [0.1, 0.15) is 5.82 Å². The molecule has 0 N–H and O–H groups in total. The van der Waals surface area contributed by atoms with Crippen molar-refractivity contribution in [3.8, 4) is 5.75 Å². The predicted molar refractivity (Wildman–Crippen MR) is 75.3 cm³/mol. The van der Waals surface area contributed by atoms with Crippen LogP contribution in [0.15, 0.2) is 12.1 Å². The molecule has 0 radical (unpaired) electrons. The van der Waals surface area contributed by atoms with Crippen molar-refractivity contribution in [1.82, 2.24) is 9.55 Å². The molecule has 0 aliphatic carbocycles. The van der Waals surface area contributed by atoms with Crippen molar-refractivity contribution < 1.29 is 9.13 Å². The SMILES string of the molecule is COc1cc2c(cc1F)nc(CCl)n2C(C)C(C)C. The number of halogens is 2. The lowest BCUT2D eigenvalue weighted by molar-refractivity contribution is 0.385. The van der Waals surface area contributed by atoms with Gasteiger partial charge in [0.05, 0.1) is 24.0 Å². The van der Waals surface area contributed by atoms with Crippen LogP contribution in [0.5, 0.6) is 5.75 Å². The van der Waals surface area contributed by atoms with E-state index in [0.29, 0.717) is 17.3 Å². The molecular formula is C14H18ClFN2O. The lowest BCUT2D eigenvalue weighted by Crippen LogP contribution is -2.14. The lowest BCUT2D eigenvalue weighted by atomic mass is 10.1. The second-order valence-corrected chi connectivity index (χ2v) is 5.26. The summed E-state index contributed by atoms with van der Waals surface area (Å²) in [6.45, 7) is 6.38. The number of rotatable bonds is 4. The number of alkyl halides is 1. The van der Waals surface area contributed by atoms with Gasteiger partial charge in [-0.3, -0.25) is 0 Å². The molecule has 1 unspecified atom stereocenters. The topological polar surface area (TPSA) is 27.1 Å². The van der Waals surface area contributed by atoms with Crippen LogP contribution < -0.4 is 4.74 Å². The van der Waals surface area contributed by atoms with Crippen molar-refractivity contribution in [2.24, 2.45) is 5.92 Å². The van der Waals surface area contributed by atoms with Gasteiger partial charge in [-0.15, -0.1) is 11.6 Å². The number of benzene rings is 1. The second kappa shape index (κ2) is 5.37. The van der Waals surface area contributed by atoms with E-state index in [9.17, 15) is 4.39 Å². The van der Waals surface area contributed by atoms with E-state index in [1.807, 2.05) is 0 Å². The molecule has 3 nitrogen and oxygen atoms in total. The molecule has 19 heavy (non-hydrogen) atoms. The van der Waals surface area contributed by atoms with Crippen LogP contribution in [-0.2, 0) is 5.88 Å². The van der Waals surface area contributed by atoms with Crippen molar-refractivity contribution in [3.05, 3.63) is 23.8 Å². The maximum atomic E-state index is 13.7. The highest BCUT2D eigenvalue weighted by molar-refractivity contribution is 6.16. The first-order valence-electron chi connectivity index (χ1n) is 6.29. The number of imidazole rings is 1. The van der Waals surface area contributed by atoms with Crippen LogP contribution in [0.3, 0.4) is 0 Å². The summed E-state index contributed by atoms with van der Waals surface area (Å²) in [7, 11) is 1.46. The van der Waals surface area contributed by atoms with E-state index in [-0.39, 0.29) is 11.8 Å². The molecule has 1 aromatic carbocycles. The van der Waals surface area contributed by atoms with Gasteiger partial charge in [0.25, 0.3) is 0 Å². The van der Waals surface area contributed by atoms with Crippen molar-refractivity contribution in [2.45, 2.75) is 32.7 Å². The van der Waals surface area contributed by atoms with E-state index in [0.717, 1.165) is 11.3 Å². The van der Waals surface area contributed by atoms with Gasteiger partial charge in [0.15, 0.2) is 11.6 Å². The first kappa shape index (κ1) is 14.1. The maximum Gasteiger partial charge on any atom is 0.167 e. The Hall–Kier alpha value is -1.29. The summed E-state index contributed by atoms with van der Waals surface area (Å²) in [5.41, 5.74) is 1.47. The summed E-state index contributed by atoms with van der Waals surface area (Å²) in [4.78, 5) is 4.41. The summed E-state index contributed by atoms with van der Waals surface area (Å²) in [5.74, 6) is 1.31. The summed E-state index contributed by atoms with van der Waals surface area (Å²) >= 11 is 5.96. The zero-order valence-corrected chi connectivity index (χ0v) is 12.3. The molecule has 1 heterocycles. The van der Waals surface area contributed by atoms with Crippen LogP contribution in [-0.4, -0.2) is 16.7 Å². The fraction of sp³-hybridized carbons (Fsp3) is 0.500. The normalized spacial score (nSPS) is 13.2. The largest absolute Gasteiger partial charge is 0.494 e. The fourth-order valence-corrected chi connectivity index (χ4v) is 2.34. The second-order valence-electron chi connectivity index (χ2n) is 4.99. The zero-order chi connectivity index (χ0) is 14.2. The first-order chi connectivity index (χ1) is 8.99. The monoisotopic (exact) mass is 284 g/mol. The Kier molecular flexibility index (Phi) is 3.99. The third-order valence-corrected chi connectivity index (χ3v) is 3.77. The van der Waals surface area contributed by atoms with Gasteiger partial charge < -0.3 is 9.30 Å². The minimum absolute atomic E-state index is 0.228. The predicted octanol–water partition coefficient (Wildman–Crippen LogP) is 4.14. The molecular weight excluding hydrogens is 267 g/mol. The zero-order valence-electron chi connectivity index (χ0n) is 11.6. The van der Waals surface area contributed by atoms with Crippen LogP contribution in [0.4, 0.5) is 4.39 Å². The smallest absolute Gasteiger partial charge is 0.167 e. The van der Waals surface area contributed by atoms with Gasteiger partial charge in [0, 0.05) is 18.2 Å². The van der Waals surface area contributed by atoms with Crippen LogP contribution in [0.2, 0.25) is 0 Å². The van der Waals surface area contributed by atoms with E-state index >= 15 is 0 Å². The summed E-state index contributed by atoms with van der Waals surface area (Å²) in [5, 5.41) is 0. The van der Waals surface area contributed by atoms with Gasteiger partial charge in [0.2, 0.25) is 0 Å². The molecule has 0 bridgehead atoms. The van der Waals surface area contributed by atoms with Crippen LogP contribution in [0.1, 0.15) is 32.6 Å². The van der Waals surface area contributed by atoms with Crippen LogP contribution in [0, 0.1) is 11.7 Å². The summed E-state index contributed by atoms with van der Waals surface area (Å²) in [6, 6.07) is 3.31. The Morgan fingerprint density at radius 2 is 2.05 bits per heavy atom. The fourth-order valence-electron chi connectivity index (χ4n) is 2.15. The van der Waals surface area contributed by atoms with Crippen molar-refractivity contribution in [2.75, 3.05) is 7.11 Å². The number of methoxy groups -OCH3 is 1. The van der Waals surface area contributed by atoms with Gasteiger partial charge in [-0.2, -0.15) is 0 Å². The highest BCUT2D eigenvalue weighted by Crippen LogP contribution is 2.30. The standard InChI is InChI=1S/C14H18ClFN2O/c1-8(2)9(3)18-12-6-13(19-4)10(16)5-11(12)17-14(18)7-15/h5-6,8-9H,7H2,1-4H3. The molecule has 1 atom stereocenters. The Morgan fingerprint density at radius 3 is 2.58 bits per heavy atom. The quantitative estimate of drug-likeness (QED) is 0.789. The minimum Gasteiger partial charge on any atom is -0.494 e. The minimum atomic E-state index is -0.405. The number of hydrogen-bond donors (Lipinski definition) is 0. The van der Waals surface area contributed by atoms with Gasteiger partial charge in [-0.05, 0) is 12.8 Å². The van der Waals surface area contributed by atoms with Crippen molar-refractivity contribution in [3.63, 3.8) is 0 Å². The number of aromatic nitrogens is 2. The Labute approximate surface area is 117 Å². The van der Waals surface area contributed by atoms with Crippen LogP contribution in [0.25, 0.3) is 11.0 Å². The molecule has 0 saturated heterocycles. The molecule has 104 valence electrons. The molecule has 2 rings (SSSR count). The van der Waals surface area contributed by atoms with E-state index < -0.39 is 5.82 Å². The number of nitrogens with zero attached hydrogens (tertiary/aromatic N) is 2. The van der Waals surface area contributed by atoms with E-state index in [1.54, 1.807) is 6.07 Å². The third-order valence-electron chi connectivity index (χ3n) is 3.53. The molecule has 0 aliphatic heterocycles. The lowest BCUT2D eigenvalue weighted by Gasteiger charge is -2.20. The number of hydrogen-bond acceptors (Lipinski definition) is 2. The van der Waals surface area contributed by atoms with Gasteiger partial charge in [-0.25, -0.2) is 9.37 Å². The molecule has 2 aromatic rings. The van der Waals surface area contributed by atoms with E-state index in [4.69, 9.17) is 16.3 Å². The van der Waals surface area contributed by atoms with E-state index in [1.165, 1.54) is 13.2 Å². The van der Waals surface area contributed by atoms with Gasteiger partial charge >= 0.3 is 0 Å². The Bertz CT molecular complexity index is 595.